The molecule has 2 saturated carbocycles. The van der Waals surface area contributed by atoms with Crippen LogP contribution in [-0.2, 0) is 14.3 Å². The minimum Gasteiger partial charge on any atom is -0.468 e. The van der Waals surface area contributed by atoms with Crippen molar-refractivity contribution in [2.75, 3.05) is 7.11 Å². The van der Waals surface area contributed by atoms with Gasteiger partial charge < -0.3 is 10.1 Å². The Morgan fingerprint density at radius 1 is 1.22 bits per heavy atom. The average Bonchev–Trinajstić information content (AvgIpc) is 3.39. The molecule has 0 unspecified atom stereocenters. The molecule has 23 heavy (non-hydrogen) atoms. The normalized spacial score (nSPS) is 25.4. The second-order valence-electron chi connectivity index (χ2n) is 6.17. The van der Waals surface area contributed by atoms with Gasteiger partial charge in [-0.2, -0.15) is 0 Å². The zero-order valence-electron chi connectivity index (χ0n) is 13.2. The fourth-order valence-electron chi connectivity index (χ4n) is 2.99. The molecule has 2 fully saturated rings. The van der Waals surface area contributed by atoms with Crippen molar-refractivity contribution in [2.45, 2.75) is 55.0 Å². The molecule has 0 aliphatic heterocycles. The molecular formula is C16H21N3O3S. The van der Waals surface area contributed by atoms with Crippen LogP contribution in [-0.4, -0.2) is 40.2 Å². The monoisotopic (exact) mass is 335 g/mol. The quantitative estimate of drug-likeness (QED) is 0.503. The van der Waals surface area contributed by atoms with Crippen LogP contribution in [0.4, 0.5) is 0 Å². The molecule has 3 rings (SSSR count). The van der Waals surface area contributed by atoms with E-state index in [1.165, 1.54) is 7.11 Å². The highest BCUT2D eigenvalue weighted by Crippen LogP contribution is 2.47. The molecule has 1 aromatic heterocycles. The maximum absolute atomic E-state index is 12.3. The van der Waals surface area contributed by atoms with Gasteiger partial charge in [0.25, 0.3) is 0 Å². The molecule has 2 aliphatic rings. The number of hydrogen-bond donors (Lipinski definition) is 1. The van der Waals surface area contributed by atoms with Crippen LogP contribution in [0.3, 0.4) is 0 Å². The van der Waals surface area contributed by atoms with Crippen LogP contribution in [0.25, 0.3) is 0 Å². The van der Waals surface area contributed by atoms with E-state index in [0.29, 0.717) is 18.1 Å². The maximum atomic E-state index is 12.3. The first-order valence-corrected chi connectivity index (χ1v) is 8.85. The van der Waals surface area contributed by atoms with Gasteiger partial charge in [-0.3, -0.25) is 9.59 Å². The number of hydrogen-bond acceptors (Lipinski definition) is 6. The Morgan fingerprint density at radius 3 is 2.43 bits per heavy atom. The SMILES string of the molecule is COC(=O)C1(C(=O)NC2CCC(Sc3ncccn3)CC2)CC1. The van der Waals surface area contributed by atoms with E-state index in [2.05, 4.69) is 15.3 Å². The average molecular weight is 335 g/mol. The lowest BCUT2D eigenvalue weighted by molar-refractivity contribution is -0.152. The van der Waals surface area contributed by atoms with Crippen molar-refractivity contribution in [3.05, 3.63) is 18.5 Å². The lowest BCUT2D eigenvalue weighted by Gasteiger charge is -2.29. The van der Waals surface area contributed by atoms with Crippen LogP contribution in [0.5, 0.6) is 0 Å². The third-order valence-corrected chi connectivity index (χ3v) is 5.81. The first-order chi connectivity index (χ1) is 11.1. The smallest absolute Gasteiger partial charge is 0.321 e. The van der Waals surface area contributed by atoms with E-state index in [9.17, 15) is 9.59 Å². The van der Waals surface area contributed by atoms with Crippen molar-refractivity contribution in [1.29, 1.82) is 0 Å². The Labute approximate surface area is 139 Å². The van der Waals surface area contributed by atoms with E-state index in [1.807, 2.05) is 6.07 Å². The van der Waals surface area contributed by atoms with E-state index in [-0.39, 0.29) is 11.9 Å². The summed E-state index contributed by atoms with van der Waals surface area (Å²) in [5.74, 6) is -0.563. The molecule has 124 valence electrons. The van der Waals surface area contributed by atoms with Crippen molar-refractivity contribution in [3.8, 4) is 0 Å². The fourth-order valence-corrected chi connectivity index (χ4v) is 4.04. The second kappa shape index (κ2) is 6.86. The van der Waals surface area contributed by atoms with Gasteiger partial charge >= 0.3 is 5.97 Å². The Hall–Kier alpha value is -1.63. The lowest BCUT2D eigenvalue weighted by Crippen LogP contribution is -2.44. The predicted octanol–water partition coefficient (Wildman–Crippen LogP) is 1.95. The summed E-state index contributed by atoms with van der Waals surface area (Å²) < 4.78 is 4.75. The van der Waals surface area contributed by atoms with Crippen LogP contribution in [0.15, 0.2) is 23.6 Å². The van der Waals surface area contributed by atoms with Crippen molar-refractivity contribution < 1.29 is 14.3 Å². The van der Waals surface area contributed by atoms with Crippen LogP contribution >= 0.6 is 11.8 Å². The molecule has 0 saturated heterocycles. The molecule has 7 heteroatoms. The largest absolute Gasteiger partial charge is 0.468 e. The van der Waals surface area contributed by atoms with Crippen LogP contribution in [0.2, 0.25) is 0 Å². The molecule has 1 amide bonds. The zero-order chi connectivity index (χ0) is 16.3. The summed E-state index contributed by atoms with van der Waals surface area (Å²) in [6.07, 6.45) is 8.58. The molecule has 0 radical (unpaired) electrons. The van der Waals surface area contributed by atoms with Gasteiger partial charge in [0.15, 0.2) is 5.16 Å². The molecule has 2 aliphatic carbocycles. The van der Waals surface area contributed by atoms with Crippen molar-refractivity contribution in [2.24, 2.45) is 5.41 Å². The van der Waals surface area contributed by atoms with Crippen molar-refractivity contribution in [1.82, 2.24) is 15.3 Å². The highest BCUT2D eigenvalue weighted by atomic mass is 32.2. The molecule has 1 heterocycles. The van der Waals surface area contributed by atoms with Gasteiger partial charge in [-0.1, -0.05) is 11.8 Å². The number of esters is 1. The van der Waals surface area contributed by atoms with E-state index in [4.69, 9.17) is 4.74 Å². The van der Waals surface area contributed by atoms with E-state index in [0.717, 1.165) is 30.8 Å². The third-order valence-electron chi connectivity index (χ3n) is 4.58. The highest BCUT2D eigenvalue weighted by Gasteiger charge is 2.58. The standard InChI is InChI=1S/C16H21N3O3S/c1-22-14(21)16(7-8-16)13(20)19-11-3-5-12(6-4-11)23-15-17-9-2-10-18-15/h2,9-12H,3-8H2,1H3,(H,19,20). The zero-order valence-corrected chi connectivity index (χ0v) is 14.0. The minimum absolute atomic E-state index is 0.151. The van der Waals surface area contributed by atoms with Gasteiger partial charge in [-0.15, -0.1) is 0 Å². The van der Waals surface area contributed by atoms with E-state index < -0.39 is 11.4 Å². The molecule has 1 aromatic rings. The molecule has 0 spiro atoms. The first-order valence-electron chi connectivity index (χ1n) is 7.97. The number of carbonyl (C=O) groups excluding carboxylic acids is 2. The summed E-state index contributed by atoms with van der Waals surface area (Å²) in [4.78, 5) is 32.5. The van der Waals surface area contributed by atoms with E-state index in [1.54, 1.807) is 24.2 Å². The molecule has 0 aromatic carbocycles. The highest BCUT2D eigenvalue weighted by molar-refractivity contribution is 7.99. The number of methoxy groups -OCH3 is 1. The fraction of sp³-hybridized carbons (Fsp3) is 0.625. The maximum Gasteiger partial charge on any atom is 0.321 e. The van der Waals surface area contributed by atoms with Gasteiger partial charge in [-0.25, -0.2) is 9.97 Å². The number of thioether (sulfide) groups is 1. The van der Waals surface area contributed by atoms with Crippen molar-refractivity contribution in [3.63, 3.8) is 0 Å². The number of aromatic nitrogens is 2. The third kappa shape index (κ3) is 3.65. The first kappa shape index (κ1) is 16.2. The van der Waals surface area contributed by atoms with Gasteiger partial charge in [-0.05, 0) is 44.6 Å². The summed E-state index contributed by atoms with van der Waals surface area (Å²) >= 11 is 1.70. The predicted molar refractivity (Wildman–Crippen MR) is 85.8 cm³/mol. The number of ether oxygens (including phenoxy) is 1. The van der Waals surface area contributed by atoms with Gasteiger partial charge in [0.1, 0.15) is 5.41 Å². The molecule has 1 N–H and O–H groups in total. The molecule has 0 atom stereocenters. The summed E-state index contributed by atoms with van der Waals surface area (Å²) in [5.41, 5.74) is -0.905. The summed E-state index contributed by atoms with van der Waals surface area (Å²) in [7, 11) is 1.34. The number of nitrogens with one attached hydrogen (secondary N) is 1. The Balaban J connectivity index is 1.46. The second-order valence-corrected chi connectivity index (χ2v) is 7.44. The van der Waals surface area contributed by atoms with Gasteiger partial charge in [0.05, 0.1) is 7.11 Å². The number of rotatable bonds is 5. The summed E-state index contributed by atoms with van der Waals surface area (Å²) in [5, 5.41) is 4.34. The van der Waals surface area contributed by atoms with Gasteiger partial charge in [0, 0.05) is 23.7 Å². The Morgan fingerprint density at radius 2 is 1.87 bits per heavy atom. The van der Waals surface area contributed by atoms with Crippen LogP contribution < -0.4 is 5.32 Å². The molecule has 6 nitrogen and oxygen atoms in total. The van der Waals surface area contributed by atoms with E-state index >= 15 is 0 Å². The molecular weight excluding hydrogens is 314 g/mol. The summed E-state index contributed by atoms with van der Waals surface area (Å²) in [6, 6.07) is 1.96. The number of nitrogens with zero attached hydrogens (tertiary/aromatic N) is 2. The van der Waals surface area contributed by atoms with Crippen molar-refractivity contribution >= 4 is 23.6 Å². The number of amides is 1. The lowest BCUT2D eigenvalue weighted by atomic mass is 9.94. The van der Waals surface area contributed by atoms with Gasteiger partial charge in [0.2, 0.25) is 5.91 Å². The molecule has 0 bridgehead atoms. The minimum atomic E-state index is -0.905. The number of carbonyl (C=O) groups is 2. The van der Waals surface area contributed by atoms with Crippen LogP contribution in [0, 0.1) is 5.41 Å². The summed E-state index contributed by atoms with van der Waals surface area (Å²) in [6.45, 7) is 0. The Kier molecular flexibility index (Phi) is 4.84. The van der Waals surface area contributed by atoms with Crippen LogP contribution in [0.1, 0.15) is 38.5 Å². The Bertz CT molecular complexity index is 569. The topological polar surface area (TPSA) is 81.2 Å².